The van der Waals surface area contributed by atoms with Gasteiger partial charge in [-0.3, -0.25) is 9.05 Å². The number of aliphatic hydroxyl groups excluding tert-OH is 1. The van der Waals surface area contributed by atoms with Crippen molar-refractivity contribution in [1.82, 2.24) is 0 Å². The van der Waals surface area contributed by atoms with Gasteiger partial charge in [0.05, 0.1) is 19.8 Å². The highest BCUT2D eigenvalue weighted by Gasteiger charge is 2.18. The molecular formula is C4H11O5P. The molecule has 0 saturated heterocycles. The molecule has 0 spiro atoms. The Balaban J connectivity index is 3.53. The summed E-state index contributed by atoms with van der Waals surface area (Å²) in [6.07, 6.45) is 0. The van der Waals surface area contributed by atoms with E-state index < -0.39 is 7.82 Å². The smallest absolute Gasteiger partial charge is 0.394 e. The van der Waals surface area contributed by atoms with Crippen LogP contribution in [0.3, 0.4) is 0 Å². The van der Waals surface area contributed by atoms with Crippen LogP contribution in [0.15, 0.2) is 0 Å². The summed E-state index contributed by atoms with van der Waals surface area (Å²) in [5, 5.41) is 8.19. The molecule has 1 atom stereocenters. The summed E-state index contributed by atoms with van der Waals surface area (Å²) in [6, 6.07) is 0. The first-order chi connectivity index (χ1) is 4.62. The zero-order valence-electron chi connectivity index (χ0n) is 5.69. The Kier molecular flexibility index (Phi) is 4.85. The lowest BCUT2D eigenvalue weighted by Crippen LogP contribution is -1.99. The molecule has 0 heterocycles. The molecular weight excluding hydrogens is 159 g/mol. The largest absolute Gasteiger partial charge is 0.472 e. The van der Waals surface area contributed by atoms with E-state index in [9.17, 15) is 4.57 Å². The van der Waals surface area contributed by atoms with Crippen molar-refractivity contribution in [2.75, 3.05) is 19.8 Å². The first kappa shape index (κ1) is 10.1. The van der Waals surface area contributed by atoms with E-state index in [-0.39, 0.29) is 19.8 Å². The first-order valence-electron chi connectivity index (χ1n) is 2.85. The molecule has 5 nitrogen and oxygen atoms in total. The minimum absolute atomic E-state index is 0.110. The lowest BCUT2D eigenvalue weighted by Gasteiger charge is -2.08. The molecule has 6 heteroatoms. The molecule has 0 aliphatic rings. The molecule has 0 saturated carbocycles. The fourth-order valence-electron chi connectivity index (χ4n) is 0.357. The van der Waals surface area contributed by atoms with Crippen LogP contribution in [0.2, 0.25) is 0 Å². The second kappa shape index (κ2) is 4.82. The van der Waals surface area contributed by atoms with Crippen LogP contribution in [0.1, 0.15) is 6.92 Å². The molecule has 0 fully saturated rings. The molecule has 0 bridgehead atoms. The summed E-state index contributed by atoms with van der Waals surface area (Å²) >= 11 is 0. The van der Waals surface area contributed by atoms with E-state index >= 15 is 0 Å². The molecule has 1 unspecified atom stereocenters. The Morgan fingerprint density at radius 2 is 2.10 bits per heavy atom. The molecule has 0 radical (unpaired) electrons. The summed E-state index contributed by atoms with van der Waals surface area (Å²) in [5.74, 6) is 0. The normalized spacial score (nSPS) is 16.7. The van der Waals surface area contributed by atoms with E-state index in [1.807, 2.05) is 0 Å². The van der Waals surface area contributed by atoms with E-state index in [4.69, 9.17) is 10.00 Å². The second-order valence-electron chi connectivity index (χ2n) is 1.44. The van der Waals surface area contributed by atoms with Crippen LogP contribution >= 0.6 is 7.82 Å². The van der Waals surface area contributed by atoms with Gasteiger partial charge in [0.2, 0.25) is 0 Å². The van der Waals surface area contributed by atoms with Crippen LogP contribution < -0.4 is 0 Å². The van der Waals surface area contributed by atoms with Gasteiger partial charge in [-0.25, -0.2) is 4.57 Å². The number of hydrogen-bond donors (Lipinski definition) is 2. The SMILES string of the molecule is CCOP(=O)(O)OCCO. The van der Waals surface area contributed by atoms with Crippen LogP contribution in [-0.2, 0) is 13.6 Å². The van der Waals surface area contributed by atoms with Gasteiger partial charge in [-0.1, -0.05) is 0 Å². The first-order valence-corrected chi connectivity index (χ1v) is 4.34. The monoisotopic (exact) mass is 170 g/mol. The quantitative estimate of drug-likeness (QED) is 0.573. The van der Waals surface area contributed by atoms with Crippen LogP contribution in [0.4, 0.5) is 0 Å². The zero-order chi connectivity index (χ0) is 8.04. The van der Waals surface area contributed by atoms with E-state index in [0.717, 1.165) is 0 Å². The molecule has 62 valence electrons. The van der Waals surface area contributed by atoms with Crippen molar-refractivity contribution in [2.45, 2.75) is 6.92 Å². The Hall–Kier alpha value is 0.0700. The van der Waals surface area contributed by atoms with Crippen molar-refractivity contribution in [3.8, 4) is 0 Å². The predicted molar refractivity (Wildman–Crippen MR) is 34.5 cm³/mol. The summed E-state index contributed by atoms with van der Waals surface area (Å²) < 4.78 is 19.1. The number of phosphoric ester groups is 1. The molecule has 10 heavy (non-hydrogen) atoms. The summed E-state index contributed by atoms with van der Waals surface area (Å²) in [5.41, 5.74) is 0. The Morgan fingerprint density at radius 1 is 1.50 bits per heavy atom. The van der Waals surface area contributed by atoms with E-state index in [1.165, 1.54) is 0 Å². The van der Waals surface area contributed by atoms with Gasteiger partial charge in [0.1, 0.15) is 0 Å². The highest BCUT2D eigenvalue weighted by atomic mass is 31.2. The third-order valence-electron chi connectivity index (χ3n) is 0.638. The van der Waals surface area contributed by atoms with Crippen LogP contribution in [0.25, 0.3) is 0 Å². The maximum absolute atomic E-state index is 10.6. The zero-order valence-corrected chi connectivity index (χ0v) is 6.58. The summed E-state index contributed by atoms with van der Waals surface area (Å²) in [6.45, 7) is 1.20. The fraction of sp³-hybridized carbons (Fsp3) is 1.00. The van der Waals surface area contributed by atoms with Gasteiger partial charge in [0.15, 0.2) is 0 Å². The van der Waals surface area contributed by atoms with Gasteiger partial charge < -0.3 is 10.00 Å². The van der Waals surface area contributed by atoms with Crippen LogP contribution in [0, 0.1) is 0 Å². The van der Waals surface area contributed by atoms with Crippen molar-refractivity contribution >= 4 is 7.82 Å². The topological polar surface area (TPSA) is 76.0 Å². The fourth-order valence-corrected chi connectivity index (χ4v) is 1.07. The van der Waals surface area contributed by atoms with Crippen molar-refractivity contribution in [3.63, 3.8) is 0 Å². The molecule has 0 rings (SSSR count). The van der Waals surface area contributed by atoms with E-state index in [1.54, 1.807) is 6.92 Å². The molecule has 0 aliphatic heterocycles. The van der Waals surface area contributed by atoms with Gasteiger partial charge in [0.25, 0.3) is 0 Å². The third-order valence-corrected chi connectivity index (χ3v) is 1.73. The van der Waals surface area contributed by atoms with Crippen molar-refractivity contribution in [3.05, 3.63) is 0 Å². The van der Waals surface area contributed by atoms with Gasteiger partial charge >= 0.3 is 7.82 Å². The lowest BCUT2D eigenvalue weighted by molar-refractivity contribution is 0.127. The molecule has 0 aromatic rings. The van der Waals surface area contributed by atoms with Crippen molar-refractivity contribution in [2.24, 2.45) is 0 Å². The molecule has 0 aromatic carbocycles. The average molecular weight is 170 g/mol. The van der Waals surface area contributed by atoms with Gasteiger partial charge in [-0.2, -0.15) is 0 Å². The van der Waals surface area contributed by atoms with Gasteiger partial charge in [0, 0.05) is 0 Å². The second-order valence-corrected chi connectivity index (χ2v) is 2.90. The molecule has 0 amide bonds. The summed E-state index contributed by atoms with van der Waals surface area (Å²) in [7, 11) is -3.87. The number of phosphoric acid groups is 1. The molecule has 2 N–H and O–H groups in total. The van der Waals surface area contributed by atoms with Gasteiger partial charge in [-0.15, -0.1) is 0 Å². The molecule has 0 aromatic heterocycles. The predicted octanol–water partition coefficient (Wildman–Crippen LogP) is 0.132. The Morgan fingerprint density at radius 3 is 2.50 bits per heavy atom. The highest BCUT2D eigenvalue weighted by Crippen LogP contribution is 2.42. The van der Waals surface area contributed by atoms with E-state index in [0.29, 0.717) is 0 Å². The number of aliphatic hydroxyl groups is 1. The van der Waals surface area contributed by atoms with Crippen LogP contribution in [-0.4, -0.2) is 29.8 Å². The van der Waals surface area contributed by atoms with Gasteiger partial charge in [-0.05, 0) is 6.92 Å². The van der Waals surface area contributed by atoms with Crippen LogP contribution in [0.5, 0.6) is 0 Å². The summed E-state index contributed by atoms with van der Waals surface area (Å²) in [4.78, 5) is 8.65. The number of rotatable bonds is 5. The third kappa shape index (κ3) is 4.90. The molecule has 0 aliphatic carbocycles. The standard InChI is InChI=1S/C4H11O5P/c1-2-8-10(6,7)9-4-3-5/h5H,2-4H2,1H3,(H,6,7). The maximum Gasteiger partial charge on any atom is 0.472 e. The minimum atomic E-state index is -3.87. The average Bonchev–Trinajstić information content (AvgIpc) is 1.84. The maximum atomic E-state index is 10.6. The number of hydrogen-bond acceptors (Lipinski definition) is 4. The Bertz CT molecular complexity index is 125. The van der Waals surface area contributed by atoms with Crippen molar-refractivity contribution < 1.29 is 23.6 Å². The Labute approximate surface area is 59.2 Å². The minimum Gasteiger partial charge on any atom is -0.394 e. The lowest BCUT2D eigenvalue weighted by atomic mass is 10.8. The van der Waals surface area contributed by atoms with Crippen molar-refractivity contribution in [1.29, 1.82) is 0 Å². The highest BCUT2D eigenvalue weighted by molar-refractivity contribution is 7.47. The van der Waals surface area contributed by atoms with E-state index in [2.05, 4.69) is 9.05 Å².